The molecule has 2 aromatic heterocycles. The number of aromatic nitrogens is 3. The monoisotopic (exact) mass is 396 g/mol. The molecule has 0 saturated carbocycles. The molecule has 1 N–H and O–H groups in total. The van der Waals surface area contributed by atoms with Crippen molar-refractivity contribution in [2.24, 2.45) is 0 Å². The molecule has 2 aromatic carbocycles. The predicted octanol–water partition coefficient (Wildman–Crippen LogP) is 3.81. The molecule has 0 unspecified atom stereocenters. The molecule has 6 nitrogen and oxygen atoms in total. The molecule has 0 aliphatic rings. The van der Waals surface area contributed by atoms with E-state index in [0.29, 0.717) is 26.6 Å². The maximum absolute atomic E-state index is 12.7. The van der Waals surface area contributed by atoms with Crippen molar-refractivity contribution in [3.63, 3.8) is 0 Å². The van der Waals surface area contributed by atoms with Gasteiger partial charge in [0.05, 0.1) is 17.0 Å². The Balaban J connectivity index is 1.62. The molecule has 0 aliphatic carbocycles. The Bertz CT molecular complexity index is 1190. The molecule has 2 heterocycles. The summed E-state index contributed by atoms with van der Waals surface area (Å²) >= 11 is 7.12. The number of benzene rings is 2. The molecule has 1 amide bonds. The first-order chi connectivity index (χ1) is 13.1. The molecule has 0 radical (unpaired) electrons. The van der Waals surface area contributed by atoms with Crippen molar-refractivity contribution in [1.29, 1.82) is 0 Å². The summed E-state index contributed by atoms with van der Waals surface area (Å²) < 4.78 is 6.06. The van der Waals surface area contributed by atoms with E-state index in [-0.39, 0.29) is 18.0 Å². The number of halogens is 1. The second kappa shape index (κ2) is 7.30. The fourth-order valence-corrected chi connectivity index (χ4v) is 3.65. The van der Waals surface area contributed by atoms with Gasteiger partial charge in [-0.25, -0.2) is 4.98 Å². The van der Waals surface area contributed by atoms with Gasteiger partial charge >= 0.3 is 0 Å². The molecule has 27 heavy (non-hydrogen) atoms. The van der Waals surface area contributed by atoms with E-state index in [9.17, 15) is 9.59 Å². The Morgan fingerprint density at radius 1 is 1.11 bits per heavy atom. The van der Waals surface area contributed by atoms with Crippen LogP contribution < -0.4 is 10.9 Å². The van der Waals surface area contributed by atoms with Gasteiger partial charge in [-0.15, -0.1) is 0 Å². The summed E-state index contributed by atoms with van der Waals surface area (Å²) in [4.78, 5) is 29.4. The highest BCUT2D eigenvalue weighted by Gasteiger charge is 2.15. The Hall–Kier alpha value is -3.03. The van der Waals surface area contributed by atoms with Gasteiger partial charge < -0.3 is 5.32 Å². The smallest absolute Gasteiger partial charge is 0.273 e. The zero-order chi connectivity index (χ0) is 18.8. The number of hydrogen-bond acceptors (Lipinski definition) is 5. The molecule has 134 valence electrons. The van der Waals surface area contributed by atoms with Crippen LogP contribution in [0.1, 0.15) is 0 Å². The average Bonchev–Trinajstić information content (AvgIpc) is 3.11. The summed E-state index contributed by atoms with van der Waals surface area (Å²) in [6.07, 6.45) is 1.37. The summed E-state index contributed by atoms with van der Waals surface area (Å²) in [7, 11) is 0. The summed E-state index contributed by atoms with van der Waals surface area (Å²) in [5, 5.41) is 3.13. The lowest BCUT2D eigenvalue weighted by Gasteiger charge is -2.08. The third-order valence-corrected chi connectivity index (χ3v) is 5.11. The van der Waals surface area contributed by atoms with Gasteiger partial charge in [0.2, 0.25) is 5.91 Å². The van der Waals surface area contributed by atoms with Crippen molar-refractivity contribution in [3.8, 4) is 11.3 Å². The van der Waals surface area contributed by atoms with E-state index < -0.39 is 0 Å². The lowest BCUT2D eigenvalue weighted by molar-refractivity contribution is -0.116. The van der Waals surface area contributed by atoms with Crippen molar-refractivity contribution in [3.05, 3.63) is 76.3 Å². The van der Waals surface area contributed by atoms with E-state index in [4.69, 9.17) is 11.6 Å². The maximum Gasteiger partial charge on any atom is 0.273 e. The van der Waals surface area contributed by atoms with Crippen LogP contribution in [0.4, 0.5) is 5.69 Å². The number of carbonyl (C=O) groups is 1. The minimum atomic E-state index is -0.362. The maximum atomic E-state index is 12.7. The number of para-hydroxylation sites is 1. The average molecular weight is 397 g/mol. The van der Waals surface area contributed by atoms with Crippen LogP contribution in [0, 0.1) is 0 Å². The first-order valence-corrected chi connectivity index (χ1v) is 9.23. The molecular weight excluding hydrogens is 384 g/mol. The summed E-state index contributed by atoms with van der Waals surface area (Å²) in [5.74, 6) is -0.362. The summed E-state index contributed by atoms with van der Waals surface area (Å²) in [6.45, 7) is -0.161. The lowest BCUT2D eigenvalue weighted by atomic mass is 10.1. The SMILES string of the molecule is O=C(Cn1cnc2c(-c3ccccc3)nsc2c1=O)Nc1ccccc1Cl. The number of fused-ring (bicyclic) bond motifs is 1. The molecule has 4 rings (SSSR count). The fraction of sp³-hybridized carbons (Fsp3) is 0.0526. The first-order valence-electron chi connectivity index (χ1n) is 8.08. The first kappa shape index (κ1) is 17.4. The van der Waals surface area contributed by atoms with Crippen LogP contribution in [0.2, 0.25) is 5.02 Å². The van der Waals surface area contributed by atoms with Crippen LogP contribution in [0.15, 0.2) is 65.7 Å². The van der Waals surface area contributed by atoms with E-state index in [2.05, 4.69) is 14.7 Å². The van der Waals surface area contributed by atoms with Crippen LogP contribution in [0.3, 0.4) is 0 Å². The molecule has 0 saturated heterocycles. The van der Waals surface area contributed by atoms with Crippen LogP contribution in [-0.2, 0) is 11.3 Å². The van der Waals surface area contributed by atoms with Gasteiger partial charge in [-0.3, -0.25) is 14.2 Å². The van der Waals surface area contributed by atoms with Crippen molar-refractivity contribution < 1.29 is 4.79 Å². The zero-order valence-electron chi connectivity index (χ0n) is 13.9. The third kappa shape index (κ3) is 3.47. The number of nitrogens with one attached hydrogen (secondary N) is 1. The zero-order valence-corrected chi connectivity index (χ0v) is 15.5. The minimum absolute atomic E-state index is 0.161. The van der Waals surface area contributed by atoms with Gasteiger partial charge in [-0.2, -0.15) is 4.37 Å². The van der Waals surface area contributed by atoms with E-state index >= 15 is 0 Å². The lowest BCUT2D eigenvalue weighted by Crippen LogP contribution is -2.27. The molecule has 4 aromatic rings. The number of amides is 1. The second-order valence-corrected chi connectivity index (χ2v) is 6.96. The van der Waals surface area contributed by atoms with Crippen molar-refractivity contribution in [2.45, 2.75) is 6.54 Å². The van der Waals surface area contributed by atoms with Gasteiger partial charge in [-0.05, 0) is 23.7 Å². The number of anilines is 1. The fourth-order valence-electron chi connectivity index (χ4n) is 2.66. The van der Waals surface area contributed by atoms with Crippen LogP contribution in [0.25, 0.3) is 21.5 Å². The highest BCUT2D eigenvalue weighted by atomic mass is 35.5. The second-order valence-electron chi connectivity index (χ2n) is 5.78. The van der Waals surface area contributed by atoms with Gasteiger partial charge in [0, 0.05) is 5.56 Å². The Labute approximate surface area is 163 Å². The van der Waals surface area contributed by atoms with E-state index in [1.54, 1.807) is 24.3 Å². The van der Waals surface area contributed by atoms with Crippen LogP contribution in [-0.4, -0.2) is 19.8 Å². The molecular formula is C19H13ClN4O2S. The highest BCUT2D eigenvalue weighted by molar-refractivity contribution is 7.13. The van der Waals surface area contributed by atoms with Gasteiger partial charge in [0.15, 0.2) is 0 Å². The van der Waals surface area contributed by atoms with E-state index in [1.807, 2.05) is 30.3 Å². The Morgan fingerprint density at radius 2 is 1.85 bits per heavy atom. The minimum Gasteiger partial charge on any atom is -0.323 e. The van der Waals surface area contributed by atoms with Crippen molar-refractivity contribution >= 4 is 44.9 Å². The molecule has 0 spiro atoms. The van der Waals surface area contributed by atoms with Crippen molar-refractivity contribution in [1.82, 2.24) is 13.9 Å². The van der Waals surface area contributed by atoms with Gasteiger partial charge in [-0.1, -0.05) is 54.1 Å². The van der Waals surface area contributed by atoms with Crippen molar-refractivity contribution in [2.75, 3.05) is 5.32 Å². The molecule has 8 heteroatoms. The molecule has 0 fully saturated rings. The summed E-state index contributed by atoms with van der Waals surface area (Å²) in [6, 6.07) is 16.5. The number of nitrogens with zero attached hydrogens (tertiary/aromatic N) is 3. The predicted molar refractivity (Wildman–Crippen MR) is 107 cm³/mol. The standard InChI is InChI=1S/C19H13ClN4O2S/c20-13-8-4-5-9-14(13)22-15(25)10-24-11-21-17-16(12-6-2-1-3-7-12)23-27-18(17)19(24)26/h1-9,11H,10H2,(H,22,25). The van der Waals surface area contributed by atoms with E-state index in [0.717, 1.165) is 17.1 Å². The molecule has 0 bridgehead atoms. The quantitative estimate of drug-likeness (QED) is 0.569. The summed E-state index contributed by atoms with van der Waals surface area (Å²) in [5.41, 5.74) is 2.30. The third-order valence-electron chi connectivity index (χ3n) is 3.96. The Kier molecular flexibility index (Phi) is 4.70. The van der Waals surface area contributed by atoms with E-state index in [1.165, 1.54) is 10.9 Å². The molecule has 0 atom stereocenters. The molecule has 0 aliphatic heterocycles. The van der Waals surface area contributed by atoms with Gasteiger partial charge in [0.1, 0.15) is 22.5 Å². The number of rotatable bonds is 4. The largest absolute Gasteiger partial charge is 0.323 e. The number of carbonyl (C=O) groups excluding carboxylic acids is 1. The van der Waals surface area contributed by atoms with Gasteiger partial charge in [0.25, 0.3) is 5.56 Å². The topological polar surface area (TPSA) is 76.9 Å². The normalized spacial score (nSPS) is 10.9. The number of hydrogen-bond donors (Lipinski definition) is 1. The van der Waals surface area contributed by atoms with Crippen LogP contribution >= 0.6 is 23.1 Å². The highest BCUT2D eigenvalue weighted by Crippen LogP contribution is 2.27. The Morgan fingerprint density at radius 3 is 2.63 bits per heavy atom. The van der Waals surface area contributed by atoms with Crippen LogP contribution in [0.5, 0.6) is 0 Å².